The van der Waals surface area contributed by atoms with Gasteiger partial charge in [0.15, 0.2) is 0 Å². The molecule has 2 aliphatic heterocycles. The number of rotatable bonds is 5. The van der Waals surface area contributed by atoms with Crippen LogP contribution in [-0.2, 0) is 13.1 Å². The molecule has 2 aromatic rings. The van der Waals surface area contributed by atoms with Crippen LogP contribution < -0.4 is 0 Å². The first-order chi connectivity index (χ1) is 14.3. The molecule has 1 amide bonds. The summed E-state index contributed by atoms with van der Waals surface area (Å²) in [6.07, 6.45) is 4.78. The SMILES string of the molecule is O=C(c1ccc(CN2CCN(Cc3ccccc3)CC2)cc1)N1CCCCCC1. The first-order valence-electron chi connectivity index (χ1n) is 11.1. The van der Waals surface area contributed by atoms with E-state index in [0.717, 1.165) is 70.8 Å². The van der Waals surface area contributed by atoms with Crippen molar-refractivity contribution < 1.29 is 4.79 Å². The molecule has 2 heterocycles. The molecular formula is C25H33N3O. The Balaban J connectivity index is 1.25. The normalized spacial score (nSPS) is 19.1. The Kier molecular flexibility index (Phi) is 6.96. The lowest BCUT2D eigenvalue weighted by Gasteiger charge is -2.34. The number of carbonyl (C=O) groups is 1. The fourth-order valence-corrected chi connectivity index (χ4v) is 4.41. The molecule has 0 bridgehead atoms. The third-order valence-electron chi connectivity index (χ3n) is 6.21. The van der Waals surface area contributed by atoms with E-state index in [-0.39, 0.29) is 5.91 Å². The maximum atomic E-state index is 12.7. The number of benzene rings is 2. The molecule has 0 atom stereocenters. The van der Waals surface area contributed by atoms with E-state index in [1.54, 1.807) is 0 Å². The second kappa shape index (κ2) is 10.0. The standard InChI is InChI=1S/C25H33N3O/c29-25(28-14-6-1-2-7-15-28)24-12-10-23(11-13-24)21-27-18-16-26(17-19-27)20-22-8-4-3-5-9-22/h3-5,8-13H,1-2,6-7,14-21H2. The van der Waals surface area contributed by atoms with Gasteiger partial charge in [-0.1, -0.05) is 55.3 Å². The van der Waals surface area contributed by atoms with Gasteiger partial charge in [0.05, 0.1) is 0 Å². The molecule has 0 N–H and O–H groups in total. The molecule has 4 nitrogen and oxygen atoms in total. The summed E-state index contributed by atoms with van der Waals surface area (Å²) in [5.41, 5.74) is 3.53. The second-order valence-electron chi connectivity index (χ2n) is 8.44. The Labute approximate surface area is 175 Å². The predicted octanol–water partition coefficient (Wildman–Crippen LogP) is 4.02. The van der Waals surface area contributed by atoms with Crippen molar-refractivity contribution in [1.29, 1.82) is 0 Å². The van der Waals surface area contributed by atoms with Crippen molar-refractivity contribution in [2.75, 3.05) is 39.3 Å². The van der Waals surface area contributed by atoms with Gasteiger partial charge in [0.25, 0.3) is 5.91 Å². The van der Waals surface area contributed by atoms with Crippen molar-refractivity contribution in [2.45, 2.75) is 38.8 Å². The van der Waals surface area contributed by atoms with Crippen molar-refractivity contribution in [1.82, 2.24) is 14.7 Å². The molecule has 0 aromatic heterocycles. The average molecular weight is 392 g/mol. The van der Waals surface area contributed by atoms with E-state index in [4.69, 9.17) is 0 Å². The number of hydrogen-bond donors (Lipinski definition) is 0. The number of hydrogen-bond acceptors (Lipinski definition) is 3. The Hall–Kier alpha value is -2.17. The van der Waals surface area contributed by atoms with E-state index in [0.29, 0.717) is 0 Å². The van der Waals surface area contributed by atoms with Crippen molar-refractivity contribution >= 4 is 5.91 Å². The quantitative estimate of drug-likeness (QED) is 0.770. The van der Waals surface area contributed by atoms with Gasteiger partial charge < -0.3 is 4.90 Å². The van der Waals surface area contributed by atoms with Gasteiger partial charge in [-0.3, -0.25) is 14.6 Å². The van der Waals surface area contributed by atoms with Gasteiger partial charge in [-0.15, -0.1) is 0 Å². The number of likely N-dealkylation sites (tertiary alicyclic amines) is 1. The smallest absolute Gasteiger partial charge is 0.253 e. The lowest BCUT2D eigenvalue weighted by molar-refractivity contribution is 0.0761. The maximum absolute atomic E-state index is 12.7. The van der Waals surface area contributed by atoms with E-state index < -0.39 is 0 Å². The molecule has 154 valence electrons. The van der Waals surface area contributed by atoms with Crippen LogP contribution in [0.3, 0.4) is 0 Å². The topological polar surface area (TPSA) is 26.8 Å². The molecule has 0 saturated carbocycles. The van der Waals surface area contributed by atoms with E-state index >= 15 is 0 Å². The zero-order valence-electron chi connectivity index (χ0n) is 17.4. The summed E-state index contributed by atoms with van der Waals surface area (Å²) in [5, 5.41) is 0. The number of carbonyl (C=O) groups excluding carboxylic acids is 1. The number of piperazine rings is 1. The molecule has 4 rings (SSSR count). The summed E-state index contributed by atoms with van der Waals surface area (Å²) < 4.78 is 0. The molecule has 0 spiro atoms. The van der Waals surface area contributed by atoms with Crippen molar-refractivity contribution in [3.05, 3.63) is 71.3 Å². The average Bonchev–Trinajstić information content (AvgIpc) is 3.06. The van der Waals surface area contributed by atoms with E-state index in [1.165, 1.54) is 24.0 Å². The first-order valence-corrected chi connectivity index (χ1v) is 11.1. The Morgan fingerprint density at radius 2 is 1.14 bits per heavy atom. The first kappa shape index (κ1) is 20.1. The van der Waals surface area contributed by atoms with Gasteiger partial charge in [0.1, 0.15) is 0 Å². The molecule has 29 heavy (non-hydrogen) atoms. The largest absolute Gasteiger partial charge is 0.339 e. The van der Waals surface area contributed by atoms with Crippen LogP contribution in [0.25, 0.3) is 0 Å². The molecule has 0 aliphatic carbocycles. The van der Waals surface area contributed by atoms with Crippen molar-refractivity contribution in [3.8, 4) is 0 Å². The zero-order chi connectivity index (χ0) is 19.9. The molecule has 0 radical (unpaired) electrons. The highest BCUT2D eigenvalue weighted by Gasteiger charge is 2.19. The minimum absolute atomic E-state index is 0.202. The molecule has 4 heteroatoms. The van der Waals surface area contributed by atoms with Crippen LogP contribution in [0.1, 0.15) is 47.2 Å². The summed E-state index contributed by atoms with van der Waals surface area (Å²) in [7, 11) is 0. The van der Waals surface area contributed by atoms with E-state index in [2.05, 4.69) is 52.3 Å². The van der Waals surface area contributed by atoms with Gasteiger partial charge in [-0.2, -0.15) is 0 Å². The molecule has 2 aliphatic rings. The number of nitrogens with zero attached hydrogens (tertiary/aromatic N) is 3. The van der Waals surface area contributed by atoms with Crippen molar-refractivity contribution in [2.24, 2.45) is 0 Å². The zero-order valence-corrected chi connectivity index (χ0v) is 17.4. The lowest BCUT2D eigenvalue weighted by atomic mass is 10.1. The van der Waals surface area contributed by atoms with Crippen LogP contribution in [-0.4, -0.2) is 59.9 Å². The summed E-state index contributed by atoms with van der Waals surface area (Å²) in [4.78, 5) is 19.8. The fraction of sp³-hybridized carbons (Fsp3) is 0.480. The lowest BCUT2D eigenvalue weighted by Crippen LogP contribution is -2.45. The van der Waals surface area contributed by atoms with Crippen molar-refractivity contribution in [3.63, 3.8) is 0 Å². The Bertz CT molecular complexity index is 758. The number of amides is 1. The summed E-state index contributed by atoms with van der Waals surface area (Å²) in [6, 6.07) is 19.1. The van der Waals surface area contributed by atoms with Crippen LogP contribution in [0.4, 0.5) is 0 Å². The fourth-order valence-electron chi connectivity index (χ4n) is 4.41. The molecule has 2 aromatic carbocycles. The van der Waals surface area contributed by atoms with Gasteiger partial charge >= 0.3 is 0 Å². The summed E-state index contributed by atoms with van der Waals surface area (Å²) in [6.45, 7) is 8.25. The van der Waals surface area contributed by atoms with Crippen LogP contribution in [0.2, 0.25) is 0 Å². The van der Waals surface area contributed by atoms with E-state index in [9.17, 15) is 4.79 Å². The maximum Gasteiger partial charge on any atom is 0.253 e. The third-order valence-corrected chi connectivity index (χ3v) is 6.21. The third kappa shape index (κ3) is 5.68. The van der Waals surface area contributed by atoms with Crippen LogP contribution in [0.15, 0.2) is 54.6 Å². The second-order valence-corrected chi connectivity index (χ2v) is 8.44. The van der Waals surface area contributed by atoms with Gasteiger partial charge in [-0.25, -0.2) is 0 Å². The summed E-state index contributed by atoms with van der Waals surface area (Å²) in [5.74, 6) is 0.202. The molecule has 2 saturated heterocycles. The Morgan fingerprint density at radius 3 is 1.69 bits per heavy atom. The minimum Gasteiger partial charge on any atom is -0.339 e. The molecule has 2 fully saturated rings. The monoisotopic (exact) mass is 391 g/mol. The van der Waals surface area contributed by atoms with Crippen LogP contribution in [0, 0.1) is 0 Å². The summed E-state index contributed by atoms with van der Waals surface area (Å²) >= 11 is 0. The highest BCUT2D eigenvalue weighted by atomic mass is 16.2. The van der Waals surface area contributed by atoms with E-state index in [1.807, 2.05) is 17.0 Å². The van der Waals surface area contributed by atoms with Crippen LogP contribution in [0.5, 0.6) is 0 Å². The Morgan fingerprint density at radius 1 is 0.621 bits per heavy atom. The van der Waals surface area contributed by atoms with Gasteiger partial charge in [0, 0.05) is 57.9 Å². The van der Waals surface area contributed by atoms with Crippen LogP contribution >= 0.6 is 0 Å². The van der Waals surface area contributed by atoms with Gasteiger partial charge in [0.2, 0.25) is 0 Å². The minimum atomic E-state index is 0.202. The predicted molar refractivity (Wildman–Crippen MR) is 118 cm³/mol. The molecular weight excluding hydrogens is 358 g/mol. The highest BCUT2D eigenvalue weighted by molar-refractivity contribution is 5.94. The molecule has 0 unspecified atom stereocenters. The van der Waals surface area contributed by atoms with Gasteiger partial charge in [-0.05, 0) is 36.1 Å². The highest BCUT2D eigenvalue weighted by Crippen LogP contribution is 2.16.